The van der Waals surface area contributed by atoms with Gasteiger partial charge < -0.3 is 5.11 Å². The normalized spacial score (nSPS) is 12.8. The van der Waals surface area contributed by atoms with Gasteiger partial charge in [0.1, 0.15) is 6.04 Å². The predicted molar refractivity (Wildman–Crippen MR) is 95.8 cm³/mol. The minimum atomic E-state index is -3.98. The Hall–Kier alpha value is -2.70. The summed E-state index contributed by atoms with van der Waals surface area (Å²) in [5.41, 5.74) is 0.746. The Morgan fingerprint density at radius 1 is 0.920 bits per heavy atom. The molecule has 0 radical (unpaired) electrons. The molecule has 3 rings (SSSR count). The van der Waals surface area contributed by atoms with Crippen molar-refractivity contribution in [3.63, 3.8) is 0 Å². The second-order valence-corrected chi connectivity index (χ2v) is 7.36. The summed E-state index contributed by atoms with van der Waals surface area (Å²) < 4.78 is 27.9. The van der Waals surface area contributed by atoms with Crippen molar-refractivity contribution in [2.75, 3.05) is 0 Å². The van der Waals surface area contributed by atoms with E-state index in [9.17, 15) is 18.3 Å². The Balaban J connectivity index is 1.94. The van der Waals surface area contributed by atoms with E-state index in [4.69, 9.17) is 0 Å². The van der Waals surface area contributed by atoms with Gasteiger partial charge >= 0.3 is 5.97 Å². The van der Waals surface area contributed by atoms with Crippen LogP contribution in [0, 0.1) is 0 Å². The summed E-state index contributed by atoms with van der Waals surface area (Å²) in [5.74, 6) is -1.22. The molecule has 0 aromatic heterocycles. The Morgan fingerprint density at radius 3 is 2.28 bits per heavy atom. The van der Waals surface area contributed by atoms with Crippen LogP contribution in [0.2, 0.25) is 0 Å². The molecule has 0 amide bonds. The molecule has 0 aliphatic heterocycles. The van der Waals surface area contributed by atoms with Gasteiger partial charge in [-0.1, -0.05) is 66.7 Å². The first-order valence-corrected chi connectivity index (χ1v) is 9.22. The summed E-state index contributed by atoms with van der Waals surface area (Å²) in [6.07, 6.45) is 0.0696. The van der Waals surface area contributed by atoms with Crippen LogP contribution in [0.5, 0.6) is 0 Å². The standard InChI is InChI=1S/C19H17NO4S/c21-19(22)17(13-14-7-2-1-3-8-14)20-25(23,24)18-12-6-10-15-9-4-5-11-16(15)18/h1-12,17,20H,13H2,(H,21,22)/t17-/m0/s1. The molecule has 5 nitrogen and oxygen atoms in total. The van der Waals surface area contributed by atoms with Gasteiger partial charge in [-0.2, -0.15) is 4.72 Å². The van der Waals surface area contributed by atoms with E-state index in [1.54, 1.807) is 42.5 Å². The first kappa shape index (κ1) is 17.1. The van der Waals surface area contributed by atoms with E-state index in [0.29, 0.717) is 5.39 Å². The zero-order valence-corrected chi connectivity index (χ0v) is 14.1. The highest BCUT2D eigenvalue weighted by atomic mass is 32.2. The van der Waals surface area contributed by atoms with Crippen molar-refractivity contribution in [3.05, 3.63) is 78.4 Å². The third kappa shape index (κ3) is 3.87. The Labute approximate surface area is 146 Å². The summed E-state index contributed by atoms with van der Waals surface area (Å²) in [7, 11) is -3.98. The van der Waals surface area contributed by atoms with E-state index < -0.39 is 22.0 Å². The highest BCUT2D eigenvalue weighted by Gasteiger charge is 2.26. The molecule has 0 saturated heterocycles. The lowest BCUT2D eigenvalue weighted by Crippen LogP contribution is -2.42. The monoisotopic (exact) mass is 355 g/mol. The number of fused-ring (bicyclic) bond motifs is 1. The number of carboxylic acid groups (broad SMARTS) is 1. The molecule has 0 saturated carbocycles. The van der Waals surface area contributed by atoms with Crippen LogP contribution in [-0.4, -0.2) is 25.5 Å². The number of rotatable bonds is 6. The average Bonchev–Trinajstić information content (AvgIpc) is 2.61. The fourth-order valence-electron chi connectivity index (χ4n) is 2.71. The van der Waals surface area contributed by atoms with E-state index >= 15 is 0 Å². The average molecular weight is 355 g/mol. The van der Waals surface area contributed by atoms with Gasteiger partial charge in [0.2, 0.25) is 10.0 Å². The van der Waals surface area contributed by atoms with Gasteiger partial charge in [-0.3, -0.25) is 4.79 Å². The second-order valence-electron chi connectivity index (χ2n) is 5.68. The van der Waals surface area contributed by atoms with Crippen molar-refractivity contribution in [2.24, 2.45) is 0 Å². The van der Waals surface area contributed by atoms with Gasteiger partial charge in [-0.05, 0) is 23.4 Å². The predicted octanol–water partition coefficient (Wildman–Crippen LogP) is 2.81. The Morgan fingerprint density at radius 2 is 1.56 bits per heavy atom. The fraction of sp³-hybridized carbons (Fsp3) is 0.105. The summed E-state index contributed by atoms with van der Waals surface area (Å²) in [4.78, 5) is 11.6. The van der Waals surface area contributed by atoms with Gasteiger partial charge in [-0.15, -0.1) is 0 Å². The Bertz CT molecular complexity index is 995. The van der Waals surface area contributed by atoms with E-state index in [1.165, 1.54) is 6.07 Å². The highest BCUT2D eigenvalue weighted by Crippen LogP contribution is 2.23. The molecule has 1 atom stereocenters. The van der Waals surface area contributed by atoms with Crippen LogP contribution >= 0.6 is 0 Å². The van der Waals surface area contributed by atoms with Crippen molar-refractivity contribution >= 4 is 26.8 Å². The third-order valence-corrected chi connectivity index (χ3v) is 5.45. The smallest absolute Gasteiger partial charge is 0.322 e. The van der Waals surface area contributed by atoms with Crippen LogP contribution in [0.3, 0.4) is 0 Å². The molecule has 0 fully saturated rings. The molecular formula is C19H17NO4S. The third-order valence-electron chi connectivity index (χ3n) is 3.92. The summed E-state index contributed by atoms with van der Waals surface area (Å²) in [6, 6.07) is 19.7. The molecule has 3 aromatic carbocycles. The molecule has 0 aliphatic carbocycles. The maximum Gasteiger partial charge on any atom is 0.322 e. The van der Waals surface area contributed by atoms with Gasteiger partial charge in [0.15, 0.2) is 0 Å². The van der Waals surface area contributed by atoms with Crippen molar-refractivity contribution in [1.29, 1.82) is 0 Å². The van der Waals surface area contributed by atoms with Crippen LogP contribution in [0.1, 0.15) is 5.56 Å². The highest BCUT2D eigenvalue weighted by molar-refractivity contribution is 7.89. The molecule has 0 aliphatic rings. The second kappa shape index (κ2) is 7.04. The number of hydrogen-bond acceptors (Lipinski definition) is 3. The largest absolute Gasteiger partial charge is 0.480 e. The number of hydrogen-bond donors (Lipinski definition) is 2. The minimum Gasteiger partial charge on any atom is -0.480 e. The first-order chi connectivity index (χ1) is 12.0. The van der Waals surface area contributed by atoms with E-state index in [-0.39, 0.29) is 11.3 Å². The molecule has 128 valence electrons. The lowest BCUT2D eigenvalue weighted by atomic mass is 10.1. The molecule has 2 N–H and O–H groups in total. The number of carbonyl (C=O) groups is 1. The van der Waals surface area contributed by atoms with Crippen LogP contribution in [0.25, 0.3) is 10.8 Å². The Kier molecular flexibility index (Phi) is 4.83. The number of nitrogens with one attached hydrogen (secondary N) is 1. The SMILES string of the molecule is O=C(O)[C@H](Cc1ccccc1)NS(=O)(=O)c1cccc2ccccc12. The molecule has 25 heavy (non-hydrogen) atoms. The van der Waals surface area contributed by atoms with Gasteiger partial charge in [0, 0.05) is 5.39 Å². The van der Waals surface area contributed by atoms with Gasteiger partial charge in [0.25, 0.3) is 0 Å². The number of carboxylic acids is 1. The first-order valence-electron chi connectivity index (χ1n) is 7.74. The molecule has 3 aromatic rings. The summed E-state index contributed by atoms with van der Waals surface area (Å²) in [6.45, 7) is 0. The lowest BCUT2D eigenvalue weighted by Gasteiger charge is -2.16. The maximum absolute atomic E-state index is 12.8. The molecule has 0 bridgehead atoms. The zero-order valence-electron chi connectivity index (χ0n) is 13.3. The van der Waals surface area contributed by atoms with Crippen LogP contribution < -0.4 is 4.72 Å². The van der Waals surface area contributed by atoms with Crippen LogP contribution in [0.15, 0.2) is 77.7 Å². The van der Waals surface area contributed by atoms with Crippen molar-refractivity contribution in [2.45, 2.75) is 17.4 Å². The summed E-state index contributed by atoms with van der Waals surface area (Å²) in [5, 5.41) is 10.8. The van der Waals surface area contributed by atoms with Crippen molar-refractivity contribution < 1.29 is 18.3 Å². The van der Waals surface area contributed by atoms with E-state index in [1.807, 2.05) is 24.3 Å². The number of benzene rings is 3. The van der Waals surface area contributed by atoms with Gasteiger partial charge in [-0.25, -0.2) is 8.42 Å². The molecule has 0 unspecified atom stereocenters. The topological polar surface area (TPSA) is 83.5 Å². The molecule has 0 spiro atoms. The summed E-state index contributed by atoms with van der Waals surface area (Å²) >= 11 is 0. The minimum absolute atomic E-state index is 0.0696. The molecule has 0 heterocycles. The fourth-order valence-corrected chi connectivity index (χ4v) is 4.13. The van der Waals surface area contributed by atoms with Crippen molar-refractivity contribution in [3.8, 4) is 0 Å². The van der Waals surface area contributed by atoms with Crippen LogP contribution in [-0.2, 0) is 21.2 Å². The number of aliphatic carboxylic acids is 1. The van der Waals surface area contributed by atoms with Gasteiger partial charge in [0.05, 0.1) is 4.90 Å². The molecular weight excluding hydrogens is 338 g/mol. The van der Waals surface area contributed by atoms with Crippen LogP contribution in [0.4, 0.5) is 0 Å². The van der Waals surface area contributed by atoms with Crippen molar-refractivity contribution in [1.82, 2.24) is 4.72 Å². The lowest BCUT2D eigenvalue weighted by molar-refractivity contribution is -0.138. The van der Waals surface area contributed by atoms with E-state index in [2.05, 4.69) is 4.72 Å². The van der Waals surface area contributed by atoms with E-state index in [0.717, 1.165) is 10.9 Å². The zero-order chi connectivity index (χ0) is 17.9. The maximum atomic E-state index is 12.8. The number of sulfonamides is 1. The quantitative estimate of drug-likeness (QED) is 0.712. The molecule has 6 heteroatoms.